The highest BCUT2D eigenvalue weighted by atomic mass is 16.7. The summed E-state index contributed by atoms with van der Waals surface area (Å²) in [5.74, 6) is -0.349. The van der Waals surface area contributed by atoms with Crippen LogP contribution in [0.1, 0.15) is 49.4 Å². The third-order valence-corrected chi connectivity index (χ3v) is 7.06. The first-order chi connectivity index (χ1) is 13.5. The lowest BCUT2D eigenvalue weighted by Crippen LogP contribution is -2.45. The second kappa shape index (κ2) is 6.18. The molecule has 6 atom stereocenters. The lowest BCUT2D eigenvalue weighted by Gasteiger charge is -2.28. The summed E-state index contributed by atoms with van der Waals surface area (Å²) in [4.78, 5) is 19.2. The average Bonchev–Trinajstić information content (AvgIpc) is 3.42. The van der Waals surface area contributed by atoms with Gasteiger partial charge in [-0.25, -0.2) is 0 Å². The van der Waals surface area contributed by atoms with Gasteiger partial charge in [0.1, 0.15) is 11.9 Å². The molecule has 0 aromatic heterocycles. The summed E-state index contributed by atoms with van der Waals surface area (Å²) >= 11 is 0. The van der Waals surface area contributed by atoms with Crippen molar-refractivity contribution in [3.05, 3.63) is 40.1 Å². The highest BCUT2D eigenvalue weighted by molar-refractivity contribution is 6.26. The Bertz CT molecular complexity index is 906. The summed E-state index contributed by atoms with van der Waals surface area (Å²) in [6.45, 7) is 8.34. The molecule has 0 amide bonds. The summed E-state index contributed by atoms with van der Waals surface area (Å²) in [5.41, 5.74) is 5.92. The van der Waals surface area contributed by atoms with Crippen LogP contribution >= 0.6 is 0 Å². The van der Waals surface area contributed by atoms with Crippen molar-refractivity contribution in [3.63, 3.8) is 0 Å². The number of oxime groups is 1. The number of aliphatic hydroxyl groups is 1. The molecule has 28 heavy (non-hydrogen) atoms. The van der Waals surface area contributed by atoms with Gasteiger partial charge in [-0.3, -0.25) is 4.79 Å². The van der Waals surface area contributed by atoms with Crippen LogP contribution in [0.2, 0.25) is 0 Å². The number of ether oxygens (including phenoxy) is 1. The van der Waals surface area contributed by atoms with Crippen molar-refractivity contribution in [2.45, 2.75) is 65.3 Å². The van der Waals surface area contributed by atoms with E-state index in [1.54, 1.807) is 0 Å². The number of hydrogen-bond donors (Lipinski definition) is 1. The predicted octanol–water partition coefficient (Wildman–Crippen LogP) is 3.77. The first-order valence-electron chi connectivity index (χ1n) is 10.5. The van der Waals surface area contributed by atoms with Gasteiger partial charge in [-0.05, 0) is 42.9 Å². The van der Waals surface area contributed by atoms with Gasteiger partial charge >= 0.3 is 0 Å². The van der Waals surface area contributed by atoms with E-state index < -0.39 is 0 Å². The summed E-state index contributed by atoms with van der Waals surface area (Å²) < 4.78 is 6.17. The number of carbonyl (C=O) groups excluding carboxylic acids is 1. The number of allylic oxidation sites excluding steroid dienone is 1. The van der Waals surface area contributed by atoms with Crippen LogP contribution in [0.3, 0.4) is 0 Å². The molecule has 2 bridgehead atoms. The maximum absolute atomic E-state index is 13.6. The molecule has 0 spiro atoms. The maximum Gasteiger partial charge on any atom is 0.173 e. The number of aryl methyl sites for hydroxylation is 3. The van der Waals surface area contributed by atoms with E-state index in [1.807, 2.05) is 0 Å². The number of nitrogens with zero attached hydrogens (tertiary/aromatic N) is 1. The maximum atomic E-state index is 13.6. The van der Waals surface area contributed by atoms with Crippen molar-refractivity contribution in [2.75, 3.05) is 0 Å². The van der Waals surface area contributed by atoms with Crippen molar-refractivity contribution in [1.82, 2.24) is 0 Å². The first kappa shape index (κ1) is 17.9. The fourth-order valence-electron chi connectivity index (χ4n) is 5.90. The minimum Gasteiger partial charge on any atom is -0.511 e. The van der Waals surface area contributed by atoms with Crippen LogP contribution in [0.5, 0.6) is 0 Å². The Morgan fingerprint density at radius 3 is 2.25 bits per heavy atom. The molecular weight excluding hydrogens is 354 g/mol. The predicted molar refractivity (Wildman–Crippen MR) is 106 cm³/mol. The van der Waals surface area contributed by atoms with E-state index in [0.29, 0.717) is 5.57 Å². The Morgan fingerprint density at radius 1 is 0.964 bits per heavy atom. The van der Waals surface area contributed by atoms with Gasteiger partial charge in [0.05, 0.1) is 35.1 Å². The average molecular weight is 381 g/mol. The molecule has 2 unspecified atom stereocenters. The topological polar surface area (TPSA) is 68.1 Å². The highest BCUT2D eigenvalue weighted by Crippen LogP contribution is 2.58. The molecular formula is C23H27NO4. The molecule has 148 valence electrons. The van der Waals surface area contributed by atoms with Gasteiger partial charge in [0.15, 0.2) is 11.9 Å². The van der Waals surface area contributed by atoms with E-state index in [2.05, 4.69) is 45.0 Å². The quantitative estimate of drug-likeness (QED) is 0.862. The number of benzene rings is 1. The third-order valence-electron chi connectivity index (χ3n) is 7.06. The van der Waals surface area contributed by atoms with Gasteiger partial charge in [-0.15, -0.1) is 0 Å². The second-order valence-electron chi connectivity index (χ2n) is 8.44. The van der Waals surface area contributed by atoms with Gasteiger partial charge in [-0.2, -0.15) is 0 Å². The number of ketones is 1. The molecule has 1 N–H and O–H groups in total. The van der Waals surface area contributed by atoms with E-state index in [-0.39, 0.29) is 47.6 Å². The zero-order valence-electron chi connectivity index (χ0n) is 16.9. The van der Waals surface area contributed by atoms with Crippen LogP contribution < -0.4 is 0 Å². The molecule has 0 radical (unpaired) electrons. The number of Topliss-reactive ketones (excluding diaryl/α,β-unsaturated/α-hetero) is 1. The van der Waals surface area contributed by atoms with Crippen molar-refractivity contribution in [3.8, 4) is 0 Å². The summed E-state index contributed by atoms with van der Waals surface area (Å²) in [6, 6.07) is 4.28. The van der Waals surface area contributed by atoms with Crippen molar-refractivity contribution >= 4 is 17.1 Å². The monoisotopic (exact) mass is 381 g/mol. The Balaban J connectivity index is 1.63. The second-order valence-corrected chi connectivity index (χ2v) is 8.44. The lowest BCUT2D eigenvalue weighted by atomic mass is 9.71. The SMILES string of the molecule is CCC1=NOC2C1[C@@H]1O[C@H]2[C@H]2C(=O)C(c3c(CC)cc(C)cc3CC)=C(O)[C@H]21. The molecule has 2 saturated heterocycles. The molecule has 4 aliphatic rings. The van der Waals surface area contributed by atoms with Crippen LogP contribution in [-0.2, 0) is 27.2 Å². The van der Waals surface area contributed by atoms with E-state index in [4.69, 9.17) is 9.57 Å². The molecule has 5 rings (SSSR count). The lowest BCUT2D eigenvalue weighted by molar-refractivity contribution is -0.121. The van der Waals surface area contributed by atoms with Crippen LogP contribution in [0.4, 0.5) is 0 Å². The normalized spacial score (nSPS) is 35.3. The Morgan fingerprint density at radius 2 is 1.64 bits per heavy atom. The molecule has 3 aliphatic heterocycles. The Kier molecular flexibility index (Phi) is 3.96. The minimum atomic E-state index is -0.358. The minimum absolute atomic E-state index is 0.00949. The molecule has 3 heterocycles. The van der Waals surface area contributed by atoms with Gasteiger partial charge in [0, 0.05) is 0 Å². The summed E-state index contributed by atoms with van der Waals surface area (Å²) in [5, 5.41) is 15.5. The van der Waals surface area contributed by atoms with Crippen LogP contribution in [0.25, 0.3) is 5.57 Å². The molecule has 5 heteroatoms. The number of aliphatic hydroxyl groups excluding tert-OH is 1. The first-order valence-corrected chi connectivity index (χ1v) is 10.5. The van der Waals surface area contributed by atoms with Crippen molar-refractivity contribution < 1.29 is 19.5 Å². The molecule has 5 nitrogen and oxygen atoms in total. The van der Waals surface area contributed by atoms with Crippen molar-refractivity contribution in [2.24, 2.45) is 22.9 Å². The zero-order chi connectivity index (χ0) is 19.7. The molecule has 1 aromatic rings. The standard InChI is InChI=1S/C23H27NO4/c1-5-11-8-10(4)9-12(6-2)14(11)16-19(25)17-18(20(16)26)22-23-15(21(17)27-22)13(7-3)24-28-23/h8-9,15,17-18,21-23,25H,5-7H2,1-4H3/t15?,17-,18+,21-,22-,23?/m0/s1. The summed E-state index contributed by atoms with van der Waals surface area (Å²) in [7, 11) is 0. The fourth-order valence-corrected chi connectivity index (χ4v) is 5.90. The number of rotatable bonds is 4. The molecule has 1 aromatic carbocycles. The molecule has 1 aliphatic carbocycles. The van der Waals surface area contributed by atoms with Crippen molar-refractivity contribution in [1.29, 1.82) is 0 Å². The van der Waals surface area contributed by atoms with E-state index in [1.165, 1.54) is 5.56 Å². The smallest absolute Gasteiger partial charge is 0.173 e. The van der Waals surface area contributed by atoms with Gasteiger partial charge < -0.3 is 14.7 Å². The van der Waals surface area contributed by atoms with Gasteiger partial charge in [-0.1, -0.05) is 43.6 Å². The number of carbonyl (C=O) groups is 1. The summed E-state index contributed by atoms with van der Waals surface area (Å²) in [6.07, 6.45) is 1.73. The van der Waals surface area contributed by atoms with Crippen LogP contribution in [0.15, 0.2) is 23.0 Å². The van der Waals surface area contributed by atoms with Gasteiger partial charge in [0.25, 0.3) is 0 Å². The molecule has 2 fully saturated rings. The number of hydrogen-bond acceptors (Lipinski definition) is 5. The van der Waals surface area contributed by atoms with E-state index >= 15 is 0 Å². The number of fused-ring (bicyclic) bond motifs is 8. The largest absolute Gasteiger partial charge is 0.511 e. The zero-order valence-corrected chi connectivity index (χ0v) is 16.9. The fraction of sp³-hybridized carbons (Fsp3) is 0.565. The van der Waals surface area contributed by atoms with E-state index in [0.717, 1.165) is 41.7 Å². The molecule has 0 saturated carbocycles. The Hall–Kier alpha value is -2.14. The van der Waals surface area contributed by atoms with E-state index in [9.17, 15) is 9.90 Å². The third kappa shape index (κ3) is 2.11. The Labute approximate surface area is 165 Å². The highest BCUT2D eigenvalue weighted by Gasteiger charge is 2.69. The van der Waals surface area contributed by atoms with Crippen LogP contribution in [-0.4, -0.2) is 34.9 Å². The van der Waals surface area contributed by atoms with Crippen LogP contribution in [0, 0.1) is 24.7 Å². The van der Waals surface area contributed by atoms with Gasteiger partial charge in [0.2, 0.25) is 0 Å².